The van der Waals surface area contributed by atoms with Crippen molar-refractivity contribution in [3.05, 3.63) is 43.1 Å². The Morgan fingerprint density at radius 1 is 1.08 bits per heavy atom. The van der Waals surface area contributed by atoms with Gasteiger partial charge in [0.1, 0.15) is 6.23 Å². The number of ether oxygens (including phenoxy) is 1. The van der Waals surface area contributed by atoms with Crippen LogP contribution in [-0.4, -0.2) is 17.7 Å². The van der Waals surface area contributed by atoms with Gasteiger partial charge in [-0.1, -0.05) is 12.2 Å². The highest BCUT2D eigenvalue weighted by Crippen LogP contribution is 2.17. The molecule has 0 aliphatic carbocycles. The predicted octanol–water partition coefficient (Wildman–Crippen LogP) is 2.23. The average Bonchev–Trinajstić information content (AvgIpc) is 2.47. The molecule has 13 heavy (non-hydrogen) atoms. The minimum Gasteiger partial charge on any atom is -0.358 e. The molecular formula is C11H14NO. The summed E-state index contributed by atoms with van der Waals surface area (Å²) in [5.74, 6) is 0. The fraction of sp³-hybridized carbons (Fsp3) is 0.364. The summed E-state index contributed by atoms with van der Waals surface area (Å²) in [4.78, 5) is 2.11. The number of nitrogens with zero attached hydrogens (tertiary/aromatic N) is 1. The fourth-order valence-corrected chi connectivity index (χ4v) is 1.49. The standard InChI is InChI=1S/C11H14NO/c1-2-5-9-12(8-4-1)11-7-3-6-10-13-11/h1-5,8-9,11H,6-7,10H2. The maximum absolute atomic E-state index is 5.64. The maximum Gasteiger partial charge on any atom is 0.133 e. The summed E-state index contributed by atoms with van der Waals surface area (Å²) in [7, 11) is 0. The van der Waals surface area contributed by atoms with Gasteiger partial charge in [0.15, 0.2) is 0 Å². The molecule has 0 aromatic heterocycles. The van der Waals surface area contributed by atoms with E-state index in [4.69, 9.17) is 4.74 Å². The van der Waals surface area contributed by atoms with Gasteiger partial charge in [-0.15, -0.1) is 0 Å². The van der Waals surface area contributed by atoms with E-state index in [2.05, 4.69) is 11.3 Å². The van der Waals surface area contributed by atoms with E-state index < -0.39 is 0 Å². The highest BCUT2D eigenvalue weighted by atomic mass is 16.5. The smallest absolute Gasteiger partial charge is 0.133 e. The highest BCUT2D eigenvalue weighted by molar-refractivity contribution is 5.16. The van der Waals surface area contributed by atoms with Crippen molar-refractivity contribution in [1.82, 2.24) is 4.90 Å². The Hall–Kier alpha value is -1.02. The lowest BCUT2D eigenvalue weighted by molar-refractivity contribution is -0.0330. The fourth-order valence-electron chi connectivity index (χ4n) is 1.49. The lowest BCUT2D eigenvalue weighted by Crippen LogP contribution is -2.32. The zero-order chi connectivity index (χ0) is 8.93. The maximum atomic E-state index is 5.64. The van der Waals surface area contributed by atoms with Gasteiger partial charge < -0.3 is 9.64 Å². The van der Waals surface area contributed by atoms with E-state index in [1.807, 2.05) is 36.7 Å². The van der Waals surface area contributed by atoms with E-state index in [0.717, 1.165) is 19.4 Å². The Morgan fingerprint density at radius 2 is 1.85 bits per heavy atom. The van der Waals surface area contributed by atoms with Crippen molar-refractivity contribution in [3.8, 4) is 0 Å². The second kappa shape index (κ2) is 4.28. The molecule has 0 spiro atoms. The molecule has 2 aliphatic heterocycles. The molecule has 69 valence electrons. The van der Waals surface area contributed by atoms with Gasteiger partial charge in [0.05, 0.1) is 0 Å². The van der Waals surface area contributed by atoms with Crippen LogP contribution in [0, 0.1) is 6.42 Å². The van der Waals surface area contributed by atoms with Crippen LogP contribution in [0.15, 0.2) is 36.7 Å². The minimum atomic E-state index is 0.196. The Bertz CT molecular complexity index is 220. The third kappa shape index (κ3) is 2.22. The van der Waals surface area contributed by atoms with Crippen LogP contribution >= 0.6 is 0 Å². The number of hydrogen-bond acceptors (Lipinski definition) is 2. The van der Waals surface area contributed by atoms with Crippen LogP contribution in [0.3, 0.4) is 0 Å². The first kappa shape index (κ1) is 8.57. The normalized spacial score (nSPS) is 27.7. The molecule has 0 amide bonds. The molecule has 1 atom stereocenters. The van der Waals surface area contributed by atoms with Crippen LogP contribution in [0.4, 0.5) is 0 Å². The molecule has 2 heterocycles. The topological polar surface area (TPSA) is 12.5 Å². The molecular weight excluding hydrogens is 162 g/mol. The summed E-state index contributed by atoms with van der Waals surface area (Å²) in [6.07, 6.45) is 16.7. The molecule has 2 heteroatoms. The third-order valence-corrected chi connectivity index (χ3v) is 2.18. The van der Waals surface area contributed by atoms with Crippen LogP contribution in [0.2, 0.25) is 0 Å². The first-order chi connectivity index (χ1) is 6.47. The molecule has 0 saturated carbocycles. The summed E-state index contributed by atoms with van der Waals surface area (Å²) in [6, 6.07) is 0. The SMILES string of the molecule is [CH]1CCOC(N2C=CC=CC=C2)C1. The van der Waals surface area contributed by atoms with Crippen molar-refractivity contribution >= 4 is 0 Å². The van der Waals surface area contributed by atoms with E-state index in [9.17, 15) is 0 Å². The second-order valence-electron chi connectivity index (χ2n) is 3.15. The van der Waals surface area contributed by atoms with Gasteiger partial charge in [-0.05, 0) is 31.4 Å². The van der Waals surface area contributed by atoms with Crippen molar-refractivity contribution < 1.29 is 4.74 Å². The first-order valence-electron chi connectivity index (χ1n) is 4.69. The Balaban J connectivity index is 1.98. The lowest BCUT2D eigenvalue weighted by atomic mass is 10.2. The summed E-state index contributed by atoms with van der Waals surface area (Å²) in [6.45, 7) is 0.844. The van der Waals surface area contributed by atoms with Crippen molar-refractivity contribution in [2.45, 2.75) is 19.1 Å². The molecule has 0 N–H and O–H groups in total. The quantitative estimate of drug-likeness (QED) is 0.607. The van der Waals surface area contributed by atoms with Crippen LogP contribution in [0.1, 0.15) is 12.8 Å². The molecule has 1 radical (unpaired) electrons. The summed E-state index contributed by atoms with van der Waals surface area (Å²) in [5, 5.41) is 0. The molecule has 0 bridgehead atoms. The second-order valence-corrected chi connectivity index (χ2v) is 3.15. The number of rotatable bonds is 1. The summed E-state index contributed by atoms with van der Waals surface area (Å²) < 4.78 is 5.64. The molecule has 0 aromatic rings. The Morgan fingerprint density at radius 3 is 2.46 bits per heavy atom. The third-order valence-electron chi connectivity index (χ3n) is 2.18. The zero-order valence-electron chi connectivity index (χ0n) is 7.60. The molecule has 2 aliphatic rings. The van der Waals surface area contributed by atoms with Gasteiger partial charge in [0, 0.05) is 19.0 Å². The van der Waals surface area contributed by atoms with Crippen molar-refractivity contribution in [1.29, 1.82) is 0 Å². The molecule has 2 nitrogen and oxygen atoms in total. The molecule has 1 fully saturated rings. The first-order valence-corrected chi connectivity index (χ1v) is 4.69. The van der Waals surface area contributed by atoms with E-state index in [-0.39, 0.29) is 6.23 Å². The summed E-state index contributed by atoms with van der Waals surface area (Å²) >= 11 is 0. The Kier molecular flexibility index (Phi) is 2.82. The van der Waals surface area contributed by atoms with Gasteiger partial charge in [0.25, 0.3) is 0 Å². The largest absolute Gasteiger partial charge is 0.358 e. The van der Waals surface area contributed by atoms with E-state index >= 15 is 0 Å². The van der Waals surface area contributed by atoms with Crippen LogP contribution in [-0.2, 0) is 4.74 Å². The van der Waals surface area contributed by atoms with E-state index in [1.165, 1.54) is 0 Å². The predicted molar refractivity (Wildman–Crippen MR) is 52.5 cm³/mol. The number of allylic oxidation sites excluding steroid dienone is 4. The molecule has 0 aromatic carbocycles. The van der Waals surface area contributed by atoms with E-state index in [1.54, 1.807) is 0 Å². The monoisotopic (exact) mass is 176 g/mol. The summed E-state index contributed by atoms with van der Waals surface area (Å²) in [5.41, 5.74) is 0. The molecule has 1 unspecified atom stereocenters. The molecule has 2 rings (SSSR count). The number of hydrogen-bond donors (Lipinski definition) is 0. The van der Waals surface area contributed by atoms with Crippen molar-refractivity contribution in [3.63, 3.8) is 0 Å². The van der Waals surface area contributed by atoms with Crippen LogP contribution in [0.5, 0.6) is 0 Å². The van der Waals surface area contributed by atoms with E-state index in [0.29, 0.717) is 0 Å². The Labute approximate surface area is 79.2 Å². The van der Waals surface area contributed by atoms with Crippen LogP contribution < -0.4 is 0 Å². The van der Waals surface area contributed by atoms with Gasteiger partial charge in [-0.2, -0.15) is 0 Å². The van der Waals surface area contributed by atoms with Gasteiger partial charge in [0.2, 0.25) is 0 Å². The average molecular weight is 176 g/mol. The lowest BCUT2D eigenvalue weighted by Gasteiger charge is -2.30. The van der Waals surface area contributed by atoms with Gasteiger partial charge >= 0.3 is 0 Å². The van der Waals surface area contributed by atoms with Gasteiger partial charge in [-0.3, -0.25) is 0 Å². The highest BCUT2D eigenvalue weighted by Gasteiger charge is 2.17. The van der Waals surface area contributed by atoms with Crippen molar-refractivity contribution in [2.75, 3.05) is 6.61 Å². The minimum absolute atomic E-state index is 0.196. The van der Waals surface area contributed by atoms with Gasteiger partial charge in [-0.25, -0.2) is 0 Å². The molecule has 1 saturated heterocycles. The van der Waals surface area contributed by atoms with Crippen LogP contribution in [0.25, 0.3) is 0 Å². The van der Waals surface area contributed by atoms with Crippen molar-refractivity contribution in [2.24, 2.45) is 0 Å². The zero-order valence-corrected chi connectivity index (χ0v) is 7.60.